The molecule has 8 heteroatoms. The number of rotatable bonds is 4. The molecule has 1 N–H and O–H groups in total. The topological polar surface area (TPSA) is 93.6 Å². The zero-order valence-corrected chi connectivity index (χ0v) is 13.8. The number of methoxy groups -OCH3 is 1. The third kappa shape index (κ3) is 3.92. The van der Waals surface area contributed by atoms with Gasteiger partial charge in [0.15, 0.2) is 0 Å². The maximum Gasteiger partial charge on any atom is 0.339 e. The van der Waals surface area contributed by atoms with Crippen LogP contribution < -0.4 is 5.32 Å². The number of para-hydroxylation sites is 1. The molecule has 0 radical (unpaired) electrons. The lowest BCUT2D eigenvalue weighted by atomic mass is 10.2. The normalized spacial score (nSPS) is 14.0. The van der Waals surface area contributed by atoms with E-state index in [1.54, 1.807) is 29.2 Å². The molecule has 1 aromatic carbocycles. The Kier molecular flexibility index (Phi) is 5.20. The predicted molar refractivity (Wildman–Crippen MR) is 89.8 cm³/mol. The molecule has 1 aliphatic rings. The van der Waals surface area contributed by atoms with E-state index in [2.05, 4.69) is 15.3 Å². The van der Waals surface area contributed by atoms with Gasteiger partial charge in [-0.1, -0.05) is 12.1 Å². The fourth-order valence-electron chi connectivity index (χ4n) is 2.45. The van der Waals surface area contributed by atoms with Crippen LogP contribution in [0.5, 0.6) is 0 Å². The fraction of sp³-hybridized carbons (Fsp3) is 0.294. The van der Waals surface area contributed by atoms with E-state index < -0.39 is 5.97 Å². The van der Waals surface area contributed by atoms with Gasteiger partial charge in [-0.3, -0.25) is 4.79 Å². The molecule has 1 saturated heterocycles. The van der Waals surface area contributed by atoms with Gasteiger partial charge in [0.05, 0.1) is 37.1 Å². The average molecular weight is 342 g/mol. The summed E-state index contributed by atoms with van der Waals surface area (Å²) >= 11 is 0. The number of anilines is 2. The first-order valence-corrected chi connectivity index (χ1v) is 7.82. The molecule has 1 fully saturated rings. The second-order valence-corrected chi connectivity index (χ2v) is 5.36. The van der Waals surface area contributed by atoms with Crippen LogP contribution in [0.15, 0.2) is 36.7 Å². The van der Waals surface area contributed by atoms with Gasteiger partial charge in [-0.2, -0.15) is 0 Å². The first kappa shape index (κ1) is 16.8. The van der Waals surface area contributed by atoms with Crippen LogP contribution in [-0.2, 0) is 9.47 Å². The van der Waals surface area contributed by atoms with Gasteiger partial charge in [0.25, 0.3) is 5.91 Å². The number of carbonyl (C=O) groups is 2. The molecule has 3 rings (SSSR count). The molecule has 1 aliphatic heterocycles. The van der Waals surface area contributed by atoms with Crippen molar-refractivity contribution in [2.45, 2.75) is 0 Å². The molecule has 0 unspecified atom stereocenters. The van der Waals surface area contributed by atoms with Gasteiger partial charge in [0, 0.05) is 25.5 Å². The SMILES string of the molecule is COC(=O)c1ccccc1Nc1ncc(C(=O)N2CCOCC2)cn1. The lowest BCUT2D eigenvalue weighted by Gasteiger charge is -2.26. The Labute approximate surface area is 144 Å². The molecule has 1 amide bonds. The fourth-order valence-corrected chi connectivity index (χ4v) is 2.45. The highest BCUT2D eigenvalue weighted by Gasteiger charge is 2.19. The Bertz CT molecular complexity index is 757. The number of esters is 1. The summed E-state index contributed by atoms with van der Waals surface area (Å²) < 4.78 is 9.99. The molecule has 0 aliphatic carbocycles. The number of ether oxygens (including phenoxy) is 2. The second kappa shape index (κ2) is 7.71. The lowest BCUT2D eigenvalue weighted by Crippen LogP contribution is -2.40. The van der Waals surface area contributed by atoms with Crippen LogP contribution in [0.4, 0.5) is 11.6 Å². The highest BCUT2D eigenvalue weighted by Crippen LogP contribution is 2.19. The Balaban J connectivity index is 1.73. The van der Waals surface area contributed by atoms with Gasteiger partial charge in [-0.25, -0.2) is 14.8 Å². The molecule has 1 aromatic heterocycles. The van der Waals surface area contributed by atoms with Crippen molar-refractivity contribution in [3.8, 4) is 0 Å². The van der Waals surface area contributed by atoms with Crippen LogP contribution in [0.25, 0.3) is 0 Å². The highest BCUT2D eigenvalue weighted by molar-refractivity contribution is 5.96. The Hall–Kier alpha value is -3.00. The minimum Gasteiger partial charge on any atom is -0.465 e. The number of nitrogens with zero attached hydrogens (tertiary/aromatic N) is 3. The molecule has 0 bridgehead atoms. The maximum atomic E-state index is 12.4. The molecule has 25 heavy (non-hydrogen) atoms. The van der Waals surface area contributed by atoms with Crippen molar-refractivity contribution < 1.29 is 19.1 Å². The van der Waals surface area contributed by atoms with E-state index in [4.69, 9.17) is 9.47 Å². The monoisotopic (exact) mass is 342 g/mol. The summed E-state index contributed by atoms with van der Waals surface area (Å²) in [4.78, 5) is 34.2. The number of morpholine rings is 1. The molecule has 8 nitrogen and oxygen atoms in total. The summed E-state index contributed by atoms with van der Waals surface area (Å²) in [6, 6.07) is 6.89. The molecular formula is C17H18N4O4. The third-order valence-electron chi connectivity index (χ3n) is 3.78. The number of nitrogens with one attached hydrogen (secondary N) is 1. The van der Waals surface area contributed by atoms with Crippen molar-refractivity contribution in [3.05, 3.63) is 47.8 Å². The van der Waals surface area contributed by atoms with E-state index in [9.17, 15) is 9.59 Å². The summed E-state index contributed by atoms with van der Waals surface area (Å²) in [7, 11) is 1.32. The molecule has 130 valence electrons. The summed E-state index contributed by atoms with van der Waals surface area (Å²) in [5, 5.41) is 2.97. The average Bonchev–Trinajstić information content (AvgIpc) is 2.68. The standard InChI is InChI=1S/C17H18N4O4/c1-24-16(23)13-4-2-3-5-14(13)20-17-18-10-12(11-19-17)15(22)21-6-8-25-9-7-21/h2-5,10-11H,6-9H2,1H3,(H,18,19,20). The minimum absolute atomic E-state index is 0.121. The van der Waals surface area contributed by atoms with Crippen molar-refractivity contribution in [1.29, 1.82) is 0 Å². The van der Waals surface area contributed by atoms with E-state index in [0.717, 1.165) is 0 Å². The Morgan fingerprint density at radius 1 is 1.16 bits per heavy atom. The van der Waals surface area contributed by atoms with Gasteiger partial charge >= 0.3 is 5.97 Å². The van der Waals surface area contributed by atoms with Crippen molar-refractivity contribution in [2.75, 3.05) is 38.7 Å². The maximum absolute atomic E-state index is 12.4. The zero-order chi connectivity index (χ0) is 17.6. The zero-order valence-electron chi connectivity index (χ0n) is 13.8. The highest BCUT2D eigenvalue weighted by atomic mass is 16.5. The van der Waals surface area contributed by atoms with Gasteiger partial charge in [-0.15, -0.1) is 0 Å². The van der Waals surface area contributed by atoms with Crippen LogP contribution in [0.1, 0.15) is 20.7 Å². The number of amides is 1. The number of benzene rings is 1. The van der Waals surface area contributed by atoms with E-state index >= 15 is 0 Å². The minimum atomic E-state index is -0.456. The summed E-state index contributed by atoms with van der Waals surface area (Å²) in [6.45, 7) is 2.20. The molecule has 0 atom stereocenters. The van der Waals surface area contributed by atoms with Crippen molar-refractivity contribution in [2.24, 2.45) is 0 Å². The van der Waals surface area contributed by atoms with E-state index in [-0.39, 0.29) is 11.9 Å². The Morgan fingerprint density at radius 2 is 1.84 bits per heavy atom. The van der Waals surface area contributed by atoms with Crippen LogP contribution >= 0.6 is 0 Å². The van der Waals surface area contributed by atoms with E-state index in [1.807, 2.05) is 0 Å². The lowest BCUT2D eigenvalue weighted by molar-refractivity contribution is 0.0302. The Morgan fingerprint density at radius 3 is 2.52 bits per heavy atom. The molecule has 0 spiro atoms. The molecule has 0 saturated carbocycles. The quantitative estimate of drug-likeness (QED) is 0.841. The third-order valence-corrected chi connectivity index (χ3v) is 3.78. The van der Waals surface area contributed by atoms with E-state index in [0.29, 0.717) is 43.1 Å². The first-order valence-electron chi connectivity index (χ1n) is 7.82. The molecular weight excluding hydrogens is 324 g/mol. The van der Waals surface area contributed by atoms with Crippen LogP contribution in [0, 0.1) is 0 Å². The largest absolute Gasteiger partial charge is 0.465 e. The van der Waals surface area contributed by atoms with Gasteiger partial charge in [-0.05, 0) is 12.1 Å². The number of hydrogen-bond acceptors (Lipinski definition) is 7. The van der Waals surface area contributed by atoms with Gasteiger partial charge in [0.2, 0.25) is 5.95 Å². The summed E-state index contributed by atoms with van der Waals surface area (Å²) in [5.74, 6) is -0.290. The van der Waals surface area contributed by atoms with Crippen molar-refractivity contribution in [1.82, 2.24) is 14.9 Å². The van der Waals surface area contributed by atoms with Crippen LogP contribution in [-0.4, -0.2) is 60.2 Å². The predicted octanol–water partition coefficient (Wildman–Crippen LogP) is 1.48. The van der Waals surface area contributed by atoms with Gasteiger partial charge in [0.1, 0.15) is 0 Å². The van der Waals surface area contributed by atoms with Crippen LogP contribution in [0.3, 0.4) is 0 Å². The van der Waals surface area contributed by atoms with Crippen LogP contribution in [0.2, 0.25) is 0 Å². The van der Waals surface area contributed by atoms with Crippen molar-refractivity contribution >= 4 is 23.5 Å². The van der Waals surface area contributed by atoms with E-state index in [1.165, 1.54) is 19.5 Å². The number of aromatic nitrogens is 2. The second-order valence-electron chi connectivity index (χ2n) is 5.36. The number of hydrogen-bond donors (Lipinski definition) is 1. The van der Waals surface area contributed by atoms with Gasteiger partial charge < -0.3 is 19.7 Å². The summed E-state index contributed by atoms with van der Waals surface area (Å²) in [5.41, 5.74) is 1.32. The molecule has 2 aromatic rings. The molecule has 2 heterocycles. The first-order chi connectivity index (χ1) is 12.2. The van der Waals surface area contributed by atoms with Crippen molar-refractivity contribution in [3.63, 3.8) is 0 Å². The summed E-state index contributed by atoms with van der Waals surface area (Å²) in [6.07, 6.45) is 2.93. The number of carbonyl (C=O) groups excluding carboxylic acids is 2. The smallest absolute Gasteiger partial charge is 0.339 e.